The van der Waals surface area contributed by atoms with Gasteiger partial charge in [0.25, 0.3) is 5.91 Å². The number of hydrogen-bond acceptors (Lipinski definition) is 6. The van der Waals surface area contributed by atoms with E-state index in [0.29, 0.717) is 36.8 Å². The topological polar surface area (TPSA) is 86.9 Å². The van der Waals surface area contributed by atoms with Crippen LogP contribution in [0.2, 0.25) is 0 Å². The van der Waals surface area contributed by atoms with E-state index in [0.717, 1.165) is 31.6 Å². The molecule has 0 saturated carbocycles. The molecule has 2 aliphatic rings. The van der Waals surface area contributed by atoms with Gasteiger partial charge in [0.1, 0.15) is 5.76 Å². The first-order valence-corrected chi connectivity index (χ1v) is 10.6. The third kappa shape index (κ3) is 3.76. The Kier molecular flexibility index (Phi) is 6.24. The molecule has 1 N–H and O–H groups in total. The van der Waals surface area contributed by atoms with Gasteiger partial charge in [-0.05, 0) is 44.1 Å². The van der Waals surface area contributed by atoms with Crippen LogP contribution in [0, 0.1) is 12.8 Å². The van der Waals surface area contributed by atoms with Gasteiger partial charge in [-0.25, -0.2) is 0 Å². The zero-order valence-electron chi connectivity index (χ0n) is 15.4. The van der Waals surface area contributed by atoms with Gasteiger partial charge in [-0.2, -0.15) is 11.8 Å². The molecule has 0 spiro atoms. The lowest BCUT2D eigenvalue weighted by Gasteiger charge is -2.47. The Bertz CT molecular complexity index is 663. The number of likely N-dealkylation sites (tertiary alicyclic amines) is 2. The molecule has 0 radical (unpaired) electrons. The molecule has 0 aliphatic carbocycles. The molecule has 8 heteroatoms. The molecule has 1 aromatic heterocycles. The van der Waals surface area contributed by atoms with Crippen molar-refractivity contribution >= 4 is 23.6 Å². The van der Waals surface area contributed by atoms with Gasteiger partial charge in [0.15, 0.2) is 5.69 Å². The summed E-state index contributed by atoms with van der Waals surface area (Å²) in [6.45, 7) is 3.48. The molecule has 2 fully saturated rings. The number of carbonyl (C=O) groups is 2. The van der Waals surface area contributed by atoms with Crippen molar-refractivity contribution in [3.63, 3.8) is 0 Å². The number of fused-ring (bicyclic) bond motifs is 1. The van der Waals surface area contributed by atoms with Crippen molar-refractivity contribution in [3.05, 3.63) is 17.0 Å². The second-order valence-corrected chi connectivity index (χ2v) is 8.05. The second-order valence-electron chi connectivity index (χ2n) is 7.06. The summed E-state index contributed by atoms with van der Waals surface area (Å²) in [6, 6.07) is 0.235. The third-order valence-electron chi connectivity index (χ3n) is 5.52. The van der Waals surface area contributed by atoms with Crippen LogP contribution >= 0.6 is 11.8 Å². The van der Waals surface area contributed by atoms with Crippen molar-refractivity contribution < 1.29 is 19.2 Å². The van der Waals surface area contributed by atoms with Crippen molar-refractivity contribution in [1.29, 1.82) is 0 Å². The molecule has 2 aliphatic heterocycles. The van der Waals surface area contributed by atoms with Gasteiger partial charge < -0.3 is 19.4 Å². The number of hydrogen-bond donors (Lipinski definition) is 1. The fourth-order valence-corrected chi connectivity index (χ4v) is 4.52. The van der Waals surface area contributed by atoms with Crippen LogP contribution in [0.25, 0.3) is 0 Å². The van der Waals surface area contributed by atoms with E-state index in [2.05, 4.69) is 11.4 Å². The zero-order valence-corrected chi connectivity index (χ0v) is 16.3. The van der Waals surface area contributed by atoms with Gasteiger partial charge in [-0.15, -0.1) is 0 Å². The SMILES string of the molecule is CSCCCN1C(=O)CC[C@H]2CN(C(=O)c3noc(C)c3CO)CC[C@H]21. The van der Waals surface area contributed by atoms with Crippen LogP contribution in [0.5, 0.6) is 0 Å². The number of piperidine rings is 2. The van der Waals surface area contributed by atoms with Crippen LogP contribution in [0.15, 0.2) is 4.52 Å². The van der Waals surface area contributed by atoms with Crippen molar-refractivity contribution in [3.8, 4) is 0 Å². The fourth-order valence-electron chi connectivity index (χ4n) is 4.10. The lowest BCUT2D eigenvalue weighted by Crippen LogP contribution is -2.57. The summed E-state index contributed by atoms with van der Waals surface area (Å²) in [6.07, 6.45) is 5.28. The molecule has 0 aromatic carbocycles. The van der Waals surface area contributed by atoms with E-state index in [1.807, 2.05) is 4.90 Å². The summed E-state index contributed by atoms with van der Waals surface area (Å²) in [5.74, 6) is 1.91. The van der Waals surface area contributed by atoms with Crippen LogP contribution in [0.4, 0.5) is 0 Å². The number of nitrogens with zero attached hydrogens (tertiary/aromatic N) is 3. The molecule has 0 unspecified atom stereocenters. The van der Waals surface area contributed by atoms with Crippen LogP contribution in [-0.2, 0) is 11.4 Å². The lowest BCUT2D eigenvalue weighted by atomic mass is 9.83. The molecular formula is C18H27N3O4S. The highest BCUT2D eigenvalue weighted by Gasteiger charge is 2.40. The molecule has 1 aromatic rings. The fraction of sp³-hybridized carbons (Fsp3) is 0.722. The smallest absolute Gasteiger partial charge is 0.276 e. The van der Waals surface area contributed by atoms with E-state index >= 15 is 0 Å². The predicted octanol–water partition coefficient (Wildman–Crippen LogP) is 1.68. The van der Waals surface area contributed by atoms with Crippen molar-refractivity contribution in [2.24, 2.45) is 5.92 Å². The van der Waals surface area contributed by atoms with Gasteiger partial charge >= 0.3 is 0 Å². The highest BCUT2D eigenvalue weighted by molar-refractivity contribution is 7.98. The summed E-state index contributed by atoms with van der Waals surface area (Å²) >= 11 is 1.80. The number of aliphatic hydroxyl groups is 1. The maximum Gasteiger partial charge on any atom is 0.276 e. The van der Waals surface area contributed by atoms with Gasteiger partial charge in [0.2, 0.25) is 5.91 Å². The third-order valence-corrected chi connectivity index (χ3v) is 6.22. The monoisotopic (exact) mass is 381 g/mol. The number of carbonyl (C=O) groups excluding carboxylic acids is 2. The van der Waals surface area contributed by atoms with Gasteiger partial charge in [0.05, 0.1) is 12.2 Å². The maximum absolute atomic E-state index is 12.8. The summed E-state index contributed by atoms with van der Waals surface area (Å²) < 4.78 is 5.08. The minimum absolute atomic E-state index is 0.185. The number of rotatable bonds is 6. The normalized spacial score (nSPS) is 23.3. The molecule has 2 amide bonds. The summed E-state index contributed by atoms with van der Waals surface area (Å²) in [4.78, 5) is 29.0. The van der Waals surface area contributed by atoms with Gasteiger partial charge in [0, 0.05) is 32.1 Å². The van der Waals surface area contributed by atoms with Crippen molar-refractivity contribution in [2.75, 3.05) is 31.6 Å². The number of aryl methyl sites for hydroxylation is 1. The number of aliphatic hydroxyl groups excluding tert-OH is 1. The average Bonchev–Trinajstić information content (AvgIpc) is 3.03. The Morgan fingerprint density at radius 1 is 1.42 bits per heavy atom. The maximum atomic E-state index is 12.8. The second kappa shape index (κ2) is 8.43. The van der Waals surface area contributed by atoms with Crippen LogP contribution in [-0.4, -0.2) is 69.6 Å². The van der Waals surface area contributed by atoms with Crippen LogP contribution in [0.3, 0.4) is 0 Å². The molecule has 0 bridgehead atoms. The van der Waals surface area contributed by atoms with E-state index in [1.165, 1.54) is 0 Å². The van der Waals surface area contributed by atoms with Crippen molar-refractivity contribution in [1.82, 2.24) is 15.0 Å². The molecule has 144 valence electrons. The van der Waals surface area contributed by atoms with E-state index in [1.54, 1.807) is 23.6 Å². The molecular weight excluding hydrogens is 354 g/mol. The van der Waals surface area contributed by atoms with E-state index in [9.17, 15) is 14.7 Å². The number of thioether (sulfide) groups is 1. The van der Waals surface area contributed by atoms with Gasteiger partial charge in [-0.3, -0.25) is 9.59 Å². The zero-order chi connectivity index (χ0) is 18.7. The largest absolute Gasteiger partial charge is 0.391 e. The molecule has 7 nitrogen and oxygen atoms in total. The highest BCUT2D eigenvalue weighted by Crippen LogP contribution is 2.32. The Morgan fingerprint density at radius 3 is 2.96 bits per heavy atom. The Morgan fingerprint density at radius 2 is 2.23 bits per heavy atom. The molecule has 2 atom stereocenters. The summed E-state index contributed by atoms with van der Waals surface area (Å²) in [5.41, 5.74) is 0.682. The van der Waals surface area contributed by atoms with Crippen LogP contribution in [0.1, 0.15) is 47.5 Å². The molecule has 2 saturated heterocycles. The number of aromatic nitrogens is 1. The Balaban J connectivity index is 1.67. The van der Waals surface area contributed by atoms with E-state index in [-0.39, 0.29) is 30.2 Å². The van der Waals surface area contributed by atoms with Crippen molar-refractivity contribution in [2.45, 2.75) is 45.3 Å². The Hall–Kier alpha value is -1.54. The van der Waals surface area contributed by atoms with Gasteiger partial charge in [-0.1, -0.05) is 5.16 Å². The quantitative estimate of drug-likeness (QED) is 0.755. The number of amides is 2. The predicted molar refractivity (Wildman–Crippen MR) is 98.9 cm³/mol. The van der Waals surface area contributed by atoms with E-state index < -0.39 is 0 Å². The highest BCUT2D eigenvalue weighted by atomic mass is 32.2. The standard InChI is InChI=1S/C18H27N3O4S/c1-12-14(11-22)17(19-25-12)18(24)20-8-6-15-13(10-20)4-5-16(23)21(15)7-3-9-26-2/h13,15,22H,3-11H2,1-2H3/t13-,15+/m0/s1. The van der Waals surface area contributed by atoms with E-state index in [4.69, 9.17) is 4.52 Å². The molecule has 3 rings (SSSR count). The van der Waals surface area contributed by atoms with Crippen LogP contribution < -0.4 is 0 Å². The minimum Gasteiger partial charge on any atom is -0.391 e. The first-order valence-electron chi connectivity index (χ1n) is 9.20. The molecule has 3 heterocycles. The average molecular weight is 381 g/mol. The summed E-state index contributed by atoms with van der Waals surface area (Å²) in [5, 5.41) is 13.3. The molecule has 26 heavy (non-hydrogen) atoms. The lowest BCUT2D eigenvalue weighted by molar-refractivity contribution is -0.140. The summed E-state index contributed by atoms with van der Waals surface area (Å²) in [7, 11) is 0. The first-order chi connectivity index (χ1) is 12.6. The first kappa shape index (κ1) is 19.2. The minimum atomic E-state index is -0.256. The Labute approximate surface area is 158 Å².